The summed E-state index contributed by atoms with van der Waals surface area (Å²) in [6.07, 6.45) is 1.75. The van der Waals surface area contributed by atoms with E-state index >= 15 is 0 Å². The Morgan fingerprint density at radius 3 is 2.14 bits per heavy atom. The number of rotatable bonds is 3. The maximum atomic E-state index is 12.9. The molecule has 0 radical (unpaired) electrons. The molecule has 2 aliphatic rings. The van der Waals surface area contributed by atoms with Gasteiger partial charge in [-0.05, 0) is 54.8 Å². The summed E-state index contributed by atoms with van der Waals surface area (Å²) in [5, 5.41) is 19.3. The highest BCUT2D eigenvalue weighted by Crippen LogP contribution is 2.44. The number of aliphatic hydroxyl groups excluding tert-OH is 1. The van der Waals surface area contributed by atoms with Crippen LogP contribution >= 0.6 is 0 Å². The van der Waals surface area contributed by atoms with Crippen LogP contribution in [0.2, 0.25) is 0 Å². The molecule has 1 aliphatic heterocycles. The molecule has 0 spiro atoms. The maximum absolute atomic E-state index is 12.9. The fourth-order valence-electron chi connectivity index (χ4n) is 3.72. The number of hydrogen-bond acceptors (Lipinski definition) is 3. The van der Waals surface area contributed by atoms with Gasteiger partial charge in [-0.2, -0.15) is 5.26 Å². The van der Waals surface area contributed by atoms with Crippen LogP contribution < -0.4 is 0 Å². The fourth-order valence-corrected chi connectivity index (χ4v) is 3.72. The molecule has 0 aromatic heterocycles. The Labute approximate surface area is 163 Å². The average molecular weight is 374 g/mol. The zero-order valence-corrected chi connectivity index (χ0v) is 15.2. The van der Waals surface area contributed by atoms with E-state index in [2.05, 4.69) is 17.9 Å². The van der Waals surface area contributed by atoms with Crippen LogP contribution in [-0.2, 0) is 4.79 Å². The number of aliphatic hydroxyl groups is 1. The van der Waals surface area contributed by atoms with Gasteiger partial charge < -0.3 is 10.0 Å². The van der Waals surface area contributed by atoms with Gasteiger partial charge in [-0.1, -0.05) is 24.0 Å². The monoisotopic (exact) mass is 374 g/mol. The second-order valence-electron chi connectivity index (χ2n) is 7.25. The van der Waals surface area contributed by atoms with Gasteiger partial charge in [0.25, 0.3) is 0 Å². The van der Waals surface area contributed by atoms with Crippen LogP contribution in [0.25, 0.3) is 0 Å². The van der Waals surface area contributed by atoms with E-state index in [1.54, 1.807) is 17.0 Å². The van der Waals surface area contributed by atoms with E-state index in [0.29, 0.717) is 0 Å². The number of carbonyl (C=O) groups excluding carboxylic acids is 1. The number of carbonyl (C=O) groups is 1. The highest BCUT2D eigenvalue weighted by atomic mass is 19.1. The van der Waals surface area contributed by atoms with Crippen molar-refractivity contribution < 1.29 is 14.3 Å². The lowest BCUT2D eigenvalue weighted by Crippen LogP contribution is -2.65. The van der Waals surface area contributed by atoms with Crippen LogP contribution in [0.5, 0.6) is 0 Å². The summed E-state index contributed by atoms with van der Waals surface area (Å²) in [6, 6.07) is 14.8. The highest BCUT2D eigenvalue weighted by Gasteiger charge is 2.53. The first-order valence-corrected chi connectivity index (χ1v) is 9.32. The maximum Gasteiger partial charge on any atom is 0.227 e. The summed E-state index contributed by atoms with van der Waals surface area (Å²) in [5.74, 6) is 5.53. The number of nitriles is 1. The van der Waals surface area contributed by atoms with Gasteiger partial charge in [-0.25, -0.2) is 4.39 Å². The molecule has 1 N–H and O–H groups in total. The molecule has 1 saturated heterocycles. The third kappa shape index (κ3) is 3.38. The molecule has 2 aromatic carbocycles. The summed E-state index contributed by atoms with van der Waals surface area (Å²) in [6.45, 7) is -0.159. The Balaban J connectivity index is 1.51. The molecular weight excluding hydrogens is 355 g/mol. The molecule has 1 aliphatic carbocycles. The zero-order chi connectivity index (χ0) is 19.7. The Kier molecular flexibility index (Phi) is 4.86. The van der Waals surface area contributed by atoms with Crippen molar-refractivity contribution in [3.63, 3.8) is 0 Å². The molecule has 2 fully saturated rings. The van der Waals surface area contributed by atoms with E-state index < -0.39 is 6.04 Å². The van der Waals surface area contributed by atoms with E-state index in [0.717, 1.165) is 29.5 Å². The average Bonchev–Trinajstić information content (AvgIpc) is 3.54. The third-order valence-electron chi connectivity index (χ3n) is 5.40. The number of nitrogens with zero attached hydrogens (tertiary/aromatic N) is 2. The Morgan fingerprint density at radius 2 is 1.64 bits per heavy atom. The van der Waals surface area contributed by atoms with Gasteiger partial charge in [-0.3, -0.25) is 4.79 Å². The Bertz CT molecular complexity index is 978. The van der Waals surface area contributed by atoms with Crippen molar-refractivity contribution in [2.45, 2.75) is 30.8 Å². The standard InChI is InChI=1S/C23H19FN2O2/c24-19-11-5-16(6-12-19)2-1-15-3-7-17(8-4-15)22-20(13-25)26(21(22)14-27)23(28)18-9-10-18/h3-8,11-12,18,20-22,27H,9-10,14H2/t20-,21-,22+/m1/s1. The van der Waals surface area contributed by atoms with Crippen molar-refractivity contribution in [3.05, 3.63) is 71.0 Å². The number of benzene rings is 2. The van der Waals surface area contributed by atoms with Crippen molar-refractivity contribution in [1.29, 1.82) is 5.26 Å². The van der Waals surface area contributed by atoms with E-state index in [4.69, 9.17) is 0 Å². The topological polar surface area (TPSA) is 64.3 Å². The molecular formula is C23H19FN2O2. The van der Waals surface area contributed by atoms with Gasteiger partial charge in [0.2, 0.25) is 5.91 Å². The first kappa shape index (κ1) is 18.2. The minimum Gasteiger partial charge on any atom is -0.394 e. The molecule has 2 aromatic rings. The summed E-state index contributed by atoms with van der Waals surface area (Å²) < 4.78 is 12.9. The Morgan fingerprint density at radius 1 is 1.07 bits per heavy atom. The van der Waals surface area contributed by atoms with Gasteiger partial charge in [-0.15, -0.1) is 0 Å². The minimum absolute atomic E-state index is 0.0105. The first-order chi connectivity index (χ1) is 13.6. The molecule has 0 bridgehead atoms. The number of halogens is 1. The largest absolute Gasteiger partial charge is 0.394 e. The summed E-state index contributed by atoms with van der Waals surface area (Å²) in [5.41, 5.74) is 2.44. The molecule has 140 valence electrons. The summed E-state index contributed by atoms with van der Waals surface area (Å²) >= 11 is 0. The molecule has 4 nitrogen and oxygen atoms in total. The van der Waals surface area contributed by atoms with Crippen LogP contribution in [-0.4, -0.2) is 34.6 Å². The predicted molar refractivity (Wildman–Crippen MR) is 101 cm³/mol. The van der Waals surface area contributed by atoms with Gasteiger partial charge >= 0.3 is 0 Å². The second kappa shape index (κ2) is 7.46. The molecule has 1 saturated carbocycles. The van der Waals surface area contributed by atoms with Crippen molar-refractivity contribution in [2.75, 3.05) is 6.61 Å². The fraction of sp³-hybridized carbons (Fsp3) is 0.304. The van der Waals surface area contributed by atoms with Crippen LogP contribution in [0.1, 0.15) is 35.4 Å². The second-order valence-corrected chi connectivity index (χ2v) is 7.25. The van der Waals surface area contributed by atoms with E-state index in [1.807, 2.05) is 24.3 Å². The Hall–Kier alpha value is -3.15. The van der Waals surface area contributed by atoms with E-state index in [9.17, 15) is 19.6 Å². The quantitative estimate of drug-likeness (QED) is 0.841. The van der Waals surface area contributed by atoms with Crippen molar-refractivity contribution in [3.8, 4) is 17.9 Å². The smallest absolute Gasteiger partial charge is 0.227 e. The van der Waals surface area contributed by atoms with Crippen molar-refractivity contribution >= 4 is 5.91 Å². The van der Waals surface area contributed by atoms with Crippen LogP contribution in [0.15, 0.2) is 48.5 Å². The molecule has 0 unspecified atom stereocenters. The first-order valence-electron chi connectivity index (χ1n) is 9.32. The molecule has 5 heteroatoms. The van der Waals surface area contributed by atoms with Crippen LogP contribution in [0.3, 0.4) is 0 Å². The lowest BCUT2D eigenvalue weighted by atomic mass is 9.75. The van der Waals surface area contributed by atoms with Gasteiger partial charge in [0.1, 0.15) is 11.9 Å². The number of likely N-dealkylation sites (tertiary alicyclic amines) is 1. The minimum atomic E-state index is -0.540. The van der Waals surface area contributed by atoms with Crippen molar-refractivity contribution in [1.82, 2.24) is 4.90 Å². The van der Waals surface area contributed by atoms with E-state index in [-0.39, 0.29) is 36.2 Å². The van der Waals surface area contributed by atoms with Crippen LogP contribution in [0.4, 0.5) is 4.39 Å². The molecule has 4 rings (SSSR count). The third-order valence-corrected chi connectivity index (χ3v) is 5.40. The lowest BCUT2D eigenvalue weighted by molar-refractivity contribution is -0.148. The molecule has 1 heterocycles. The zero-order valence-electron chi connectivity index (χ0n) is 15.2. The van der Waals surface area contributed by atoms with Crippen molar-refractivity contribution in [2.24, 2.45) is 5.92 Å². The normalized spacial score (nSPS) is 23.2. The number of hydrogen-bond donors (Lipinski definition) is 1. The highest BCUT2D eigenvalue weighted by molar-refractivity contribution is 5.83. The summed E-state index contributed by atoms with van der Waals surface area (Å²) in [4.78, 5) is 14.0. The molecule has 1 amide bonds. The van der Waals surface area contributed by atoms with Gasteiger partial charge in [0.05, 0.1) is 18.7 Å². The summed E-state index contributed by atoms with van der Waals surface area (Å²) in [7, 11) is 0. The van der Waals surface area contributed by atoms with Gasteiger partial charge in [0.15, 0.2) is 0 Å². The molecule has 28 heavy (non-hydrogen) atoms. The lowest BCUT2D eigenvalue weighted by Gasteiger charge is -2.51. The van der Waals surface area contributed by atoms with E-state index in [1.165, 1.54) is 12.1 Å². The van der Waals surface area contributed by atoms with Gasteiger partial charge in [0, 0.05) is 23.0 Å². The predicted octanol–water partition coefficient (Wildman–Crippen LogP) is 2.81. The number of amides is 1. The molecule has 3 atom stereocenters. The van der Waals surface area contributed by atoms with Crippen LogP contribution in [0, 0.1) is 34.9 Å². The SMILES string of the molecule is N#C[C@@H]1[C@H](c2ccc(C#Cc3ccc(F)cc3)cc2)[C@@H](CO)N1C(=O)C1CC1.